The average molecular weight is 357 g/mol. The highest BCUT2D eigenvalue weighted by atomic mass is 32.2. The van der Waals surface area contributed by atoms with E-state index < -0.39 is 0 Å². The molecule has 0 saturated heterocycles. The molecule has 1 N–H and O–H groups in total. The van der Waals surface area contributed by atoms with E-state index in [1.807, 2.05) is 31.4 Å². The molecule has 0 fully saturated rings. The quantitative estimate of drug-likeness (QED) is 0.352. The summed E-state index contributed by atoms with van der Waals surface area (Å²) in [6.07, 6.45) is 4.21. The molecule has 5 nitrogen and oxygen atoms in total. The Balaban J connectivity index is 2.56. The number of ether oxygens (including phenoxy) is 1. The first kappa shape index (κ1) is 19.0. The average Bonchev–Trinajstić information content (AvgIpc) is 2.61. The number of carbonyl (C=O) groups is 1. The molecule has 25 heavy (non-hydrogen) atoms. The first-order valence-electron chi connectivity index (χ1n) is 8.08. The van der Waals surface area contributed by atoms with E-state index >= 15 is 0 Å². The number of hydrogen-bond donors (Lipinski definition) is 1. The van der Waals surface area contributed by atoms with Crippen LogP contribution in [0.15, 0.2) is 40.2 Å². The number of hydrogen-bond acceptors (Lipinski definition) is 5. The number of benzene rings is 1. The third-order valence-electron chi connectivity index (χ3n) is 3.69. The fourth-order valence-electron chi connectivity index (χ4n) is 2.61. The van der Waals surface area contributed by atoms with E-state index in [2.05, 4.69) is 22.4 Å². The standard InChI is InChI=1S/C19H23N3O2S/c1-5-24-19(23)16-13(2)17(25-4)15(22-18(16)21-12-20-3)11-14-9-7-6-8-10-14/h6-10,12H,5,11H2,1-4H3,(H,20,21,22). The van der Waals surface area contributed by atoms with Crippen molar-refractivity contribution in [3.05, 3.63) is 52.7 Å². The summed E-state index contributed by atoms with van der Waals surface area (Å²) in [5.41, 5.74) is 3.43. The summed E-state index contributed by atoms with van der Waals surface area (Å²) in [4.78, 5) is 22.1. The van der Waals surface area contributed by atoms with Crippen molar-refractivity contribution in [2.45, 2.75) is 25.2 Å². The van der Waals surface area contributed by atoms with Crippen LogP contribution >= 0.6 is 11.8 Å². The van der Waals surface area contributed by atoms with E-state index in [9.17, 15) is 4.79 Å². The van der Waals surface area contributed by atoms with Gasteiger partial charge < -0.3 is 10.1 Å². The summed E-state index contributed by atoms with van der Waals surface area (Å²) >= 11 is 1.59. The van der Waals surface area contributed by atoms with Crippen molar-refractivity contribution in [1.29, 1.82) is 0 Å². The molecule has 6 heteroatoms. The van der Waals surface area contributed by atoms with Gasteiger partial charge in [-0.15, -0.1) is 11.8 Å². The number of aliphatic imine (C=N–C) groups is 1. The molecule has 0 atom stereocenters. The van der Waals surface area contributed by atoms with Crippen LogP contribution in [0, 0.1) is 6.92 Å². The Hall–Kier alpha value is -2.34. The molecular formula is C19H23N3O2S. The first-order valence-corrected chi connectivity index (χ1v) is 9.30. The normalized spacial score (nSPS) is 10.9. The molecule has 0 radical (unpaired) electrons. The van der Waals surface area contributed by atoms with E-state index in [0.29, 0.717) is 24.4 Å². The van der Waals surface area contributed by atoms with Crippen molar-refractivity contribution in [2.24, 2.45) is 4.99 Å². The molecule has 0 amide bonds. The van der Waals surface area contributed by atoms with Gasteiger partial charge in [-0.3, -0.25) is 4.99 Å². The van der Waals surface area contributed by atoms with Crippen LogP contribution in [0.2, 0.25) is 0 Å². The molecule has 0 unspecified atom stereocenters. The number of anilines is 1. The second-order valence-electron chi connectivity index (χ2n) is 5.35. The molecular weight excluding hydrogens is 334 g/mol. The van der Waals surface area contributed by atoms with E-state index in [1.165, 1.54) is 11.9 Å². The van der Waals surface area contributed by atoms with Crippen LogP contribution < -0.4 is 5.32 Å². The van der Waals surface area contributed by atoms with Gasteiger partial charge >= 0.3 is 5.97 Å². The highest BCUT2D eigenvalue weighted by Gasteiger charge is 2.22. The Labute approximate surface area is 152 Å². The Morgan fingerprint density at radius 1 is 1.36 bits per heavy atom. The van der Waals surface area contributed by atoms with Crippen molar-refractivity contribution in [3.8, 4) is 0 Å². The first-order chi connectivity index (χ1) is 12.1. The zero-order valence-electron chi connectivity index (χ0n) is 15.0. The van der Waals surface area contributed by atoms with Gasteiger partial charge in [0.25, 0.3) is 0 Å². The van der Waals surface area contributed by atoms with E-state index in [-0.39, 0.29) is 5.97 Å². The molecule has 1 heterocycles. The summed E-state index contributed by atoms with van der Waals surface area (Å²) in [5, 5.41) is 3.01. The summed E-state index contributed by atoms with van der Waals surface area (Å²) in [5.74, 6) is 0.103. The van der Waals surface area contributed by atoms with E-state index in [0.717, 1.165) is 16.2 Å². The lowest BCUT2D eigenvalue weighted by Crippen LogP contribution is -2.15. The monoisotopic (exact) mass is 357 g/mol. The minimum Gasteiger partial charge on any atom is -0.462 e. The van der Waals surface area contributed by atoms with Crippen molar-refractivity contribution in [1.82, 2.24) is 4.98 Å². The maximum atomic E-state index is 12.4. The third kappa shape index (κ3) is 4.60. The third-order valence-corrected chi connectivity index (χ3v) is 4.64. The number of nitrogens with zero attached hydrogens (tertiary/aromatic N) is 2. The number of aromatic nitrogens is 1. The number of nitrogens with one attached hydrogen (secondary N) is 1. The number of carbonyl (C=O) groups excluding carboxylic acids is 1. The van der Waals surface area contributed by atoms with Gasteiger partial charge in [0.1, 0.15) is 11.4 Å². The lowest BCUT2D eigenvalue weighted by Gasteiger charge is -2.17. The summed E-state index contributed by atoms with van der Waals surface area (Å²) < 4.78 is 5.21. The van der Waals surface area contributed by atoms with Gasteiger partial charge in [0, 0.05) is 18.4 Å². The van der Waals surface area contributed by atoms with Gasteiger partial charge in [0.2, 0.25) is 0 Å². The van der Waals surface area contributed by atoms with Crippen molar-refractivity contribution >= 4 is 29.9 Å². The van der Waals surface area contributed by atoms with Gasteiger partial charge in [-0.25, -0.2) is 9.78 Å². The van der Waals surface area contributed by atoms with Crippen LogP contribution in [0.1, 0.15) is 34.1 Å². The van der Waals surface area contributed by atoms with Crippen molar-refractivity contribution < 1.29 is 9.53 Å². The number of thioether (sulfide) groups is 1. The lowest BCUT2D eigenvalue weighted by molar-refractivity contribution is 0.0526. The molecule has 0 bridgehead atoms. The number of esters is 1. The summed E-state index contributed by atoms with van der Waals surface area (Å²) in [6.45, 7) is 4.04. The fraction of sp³-hybridized carbons (Fsp3) is 0.316. The molecule has 0 aliphatic rings. The van der Waals surface area contributed by atoms with Crippen LogP contribution in [0.3, 0.4) is 0 Å². The van der Waals surface area contributed by atoms with Crippen LogP contribution in [0.25, 0.3) is 0 Å². The largest absolute Gasteiger partial charge is 0.462 e. The van der Waals surface area contributed by atoms with E-state index in [1.54, 1.807) is 25.7 Å². The molecule has 2 aromatic rings. The fourth-order valence-corrected chi connectivity index (χ4v) is 3.37. The smallest absolute Gasteiger partial charge is 0.342 e. The second kappa shape index (κ2) is 9.22. The number of pyridine rings is 1. The van der Waals surface area contributed by atoms with Gasteiger partial charge in [-0.1, -0.05) is 30.3 Å². The zero-order chi connectivity index (χ0) is 18.2. The summed E-state index contributed by atoms with van der Waals surface area (Å²) in [7, 11) is 1.66. The highest BCUT2D eigenvalue weighted by Crippen LogP contribution is 2.32. The van der Waals surface area contributed by atoms with Gasteiger partial charge in [-0.2, -0.15) is 0 Å². The lowest BCUT2D eigenvalue weighted by atomic mass is 10.0. The summed E-state index contributed by atoms with van der Waals surface area (Å²) in [6, 6.07) is 10.2. The minimum atomic E-state index is -0.374. The van der Waals surface area contributed by atoms with Crippen LogP contribution in [0.5, 0.6) is 0 Å². The van der Waals surface area contributed by atoms with Crippen molar-refractivity contribution in [2.75, 3.05) is 25.2 Å². The predicted octanol–water partition coefficient (Wildman–Crippen LogP) is 3.95. The Morgan fingerprint density at radius 3 is 2.68 bits per heavy atom. The Bertz CT molecular complexity index is 761. The minimum absolute atomic E-state index is 0.319. The Kier molecular flexibility index (Phi) is 7.01. The van der Waals surface area contributed by atoms with E-state index in [4.69, 9.17) is 9.72 Å². The second-order valence-corrected chi connectivity index (χ2v) is 6.17. The molecule has 2 rings (SSSR count). The zero-order valence-corrected chi connectivity index (χ0v) is 15.8. The topological polar surface area (TPSA) is 63.6 Å². The molecule has 1 aromatic heterocycles. The van der Waals surface area contributed by atoms with Crippen LogP contribution in [0.4, 0.5) is 5.82 Å². The van der Waals surface area contributed by atoms with Crippen LogP contribution in [-0.4, -0.2) is 37.2 Å². The number of rotatable bonds is 7. The van der Waals surface area contributed by atoms with Gasteiger partial charge in [-0.05, 0) is 31.2 Å². The molecule has 0 saturated carbocycles. The maximum Gasteiger partial charge on any atom is 0.342 e. The van der Waals surface area contributed by atoms with Crippen molar-refractivity contribution in [3.63, 3.8) is 0 Å². The molecule has 0 aliphatic heterocycles. The molecule has 1 aromatic carbocycles. The van der Waals surface area contributed by atoms with Gasteiger partial charge in [0.05, 0.1) is 18.6 Å². The van der Waals surface area contributed by atoms with Crippen LogP contribution in [-0.2, 0) is 11.2 Å². The Morgan fingerprint density at radius 2 is 2.08 bits per heavy atom. The maximum absolute atomic E-state index is 12.4. The highest BCUT2D eigenvalue weighted by molar-refractivity contribution is 7.98. The molecule has 0 spiro atoms. The molecule has 0 aliphatic carbocycles. The molecule has 132 valence electrons. The predicted molar refractivity (Wildman–Crippen MR) is 104 cm³/mol. The SMILES string of the molecule is CCOC(=O)c1c(NC=NC)nc(Cc2ccccc2)c(SC)c1C. The van der Waals surface area contributed by atoms with Gasteiger partial charge in [0.15, 0.2) is 0 Å².